The van der Waals surface area contributed by atoms with E-state index in [1.807, 2.05) is 37.3 Å². The van der Waals surface area contributed by atoms with E-state index in [1.54, 1.807) is 0 Å². The Morgan fingerprint density at radius 2 is 2.12 bits per heavy atom. The van der Waals surface area contributed by atoms with Crippen molar-refractivity contribution in [3.05, 3.63) is 35.9 Å². The molecule has 0 spiro atoms. The zero-order valence-corrected chi connectivity index (χ0v) is 10.1. The minimum atomic E-state index is -0.869. The number of benzene rings is 1. The highest BCUT2D eigenvalue weighted by Crippen LogP contribution is 2.03. The predicted octanol–water partition coefficient (Wildman–Crippen LogP) is 2.35. The standard InChI is InChI=1S/C13H19NO3/c1-2-3-9-12(13(15)16)14-17-10-11-7-5-4-6-8-11/h4-8,12,14H,2-3,9-10H2,1H3,(H,15,16)/t12-/m0/s1. The average molecular weight is 237 g/mol. The third kappa shape index (κ3) is 5.47. The number of carbonyl (C=O) groups is 1. The van der Waals surface area contributed by atoms with Gasteiger partial charge in [-0.05, 0) is 12.0 Å². The van der Waals surface area contributed by atoms with E-state index < -0.39 is 12.0 Å². The van der Waals surface area contributed by atoms with E-state index in [9.17, 15) is 4.79 Å². The van der Waals surface area contributed by atoms with E-state index in [0.717, 1.165) is 18.4 Å². The zero-order valence-electron chi connectivity index (χ0n) is 10.1. The second-order valence-electron chi connectivity index (χ2n) is 3.93. The van der Waals surface area contributed by atoms with Crippen molar-refractivity contribution in [2.75, 3.05) is 0 Å². The van der Waals surface area contributed by atoms with Crippen LogP contribution in [0.2, 0.25) is 0 Å². The molecule has 0 aliphatic rings. The van der Waals surface area contributed by atoms with Gasteiger partial charge in [0, 0.05) is 0 Å². The molecule has 0 saturated carbocycles. The molecule has 0 aliphatic heterocycles. The van der Waals surface area contributed by atoms with Gasteiger partial charge in [-0.2, -0.15) is 5.48 Å². The van der Waals surface area contributed by atoms with E-state index in [1.165, 1.54) is 0 Å². The quantitative estimate of drug-likeness (QED) is 0.681. The number of carboxylic acids is 1. The molecule has 0 bridgehead atoms. The molecule has 4 heteroatoms. The van der Waals surface area contributed by atoms with E-state index >= 15 is 0 Å². The smallest absolute Gasteiger partial charge is 0.323 e. The Hall–Kier alpha value is -1.39. The first-order valence-electron chi connectivity index (χ1n) is 5.88. The molecule has 0 fully saturated rings. The number of hydroxylamine groups is 1. The van der Waals surface area contributed by atoms with Gasteiger partial charge in [0.2, 0.25) is 0 Å². The van der Waals surface area contributed by atoms with Crippen LogP contribution in [-0.2, 0) is 16.2 Å². The molecule has 0 unspecified atom stereocenters. The topological polar surface area (TPSA) is 58.6 Å². The van der Waals surface area contributed by atoms with Gasteiger partial charge >= 0.3 is 5.97 Å². The SMILES string of the molecule is CCCC[C@H](NOCc1ccccc1)C(=O)O. The summed E-state index contributed by atoms with van der Waals surface area (Å²) in [6.07, 6.45) is 2.43. The Labute approximate surface area is 102 Å². The maximum atomic E-state index is 10.9. The van der Waals surface area contributed by atoms with E-state index in [4.69, 9.17) is 9.94 Å². The Morgan fingerprint density at radius 3 is 2.71 bits per heavy atom. The molecule has 0 aliphatic carbocycles. The van der Waals surface area contributed by atoms with Gasteiger partial charge in [-0.1, -0.05) is 50.1 Å². The molecule has 1 aromatic carbocycles. The lowest BCUT2D eigenvalue weighted by Crippen LogP contribution is -2.36. The maximum absolute atomic E-state index is 10.9. The fraction of sp³-hybridized carbons (Fsp3) is 0.462. The predicted molar refractivity (Wildman–Crippen MR) is 65.3 cm³/mol. The van der Waals surface area contributed by atoms with Crippen molar-refractivity contribution in [2.24, 2.45) is 0 Å². The van der Waals surface area contributed by atoms with Crippen LogP contribution in [0.25, 0.3) is 0 Å². The highest BCUT2D eigenvalue weighted by Gasteiger charge is 2.16. The van der Waals surface area contributed by atoms with Gasteiger partial charge in [-0.25, -0.2) is 0 Å². The van der Waals surface area contributed by atoms with Gasteiger partial charge in [0.1, 0.15) is 6.04 Å². The molecular formula is C13H19NO3. The molecule has 0 amide bonds. The number of unbranched alkanes of at least 4 members (excludes halogenated alkanes) is 1. The number of hydrogen-bond donors (Lipinski definition) is 2. The lowest BCUT2D eigenvalue weighted by atomic mass is 10.1. The molecule has 17 heavy (non-hydrogen) atoms. The summed E-state index contributed by atoms with van der Waals surface area (Å²) in [7, 11) is 0. The van der Waals surface area contributed by atoms with Crippen molar-refractivity contribution in [3.8, 4) is 0 Å². The molecular weight excluding hydrogens is 218 g/mol. The first-order valence-corrected chi connectivity index (χ1v) is 5.88. The van der Waals surface area contributed by atoms with Gasteiger partial charge in [-0.15, -0.1) is 0 Å². The van der Waals surface area contributed by atoms with Crippen molar-refractivity contribution < 1.29 is 14.7 Å². The highest BCUT2D eigenvalue weighted by molar-refractivity contribution is 5.73. The molecule has 1 rings (SSSR count). The largest absolute Gasteiger partial charge is 0.480 e. The van der Waals surface area contributed by atoms with Crippen molar-refractivity contribution in [2.45, 2.75) is 38.8 Å². The van der Waals surface area contributed by atoms with Gasteiger partial charge in [0.05, 0.1) is 6.61 Å². The molecule has 4 nitrogen and oxygen atoms in total. The minimum Gasteiger partial charge on any atom is -0.480 e. The van der Waals surface area contributed by atoms with E-state index in [0.29, 0.717) is 13.0 Å². The Kier molecular flexibility index (Phi) is 6.29. The first-order chi connectivity index (χ1) is 8.24. The molecule has 0 heterocycles. The van der Waals surface area contributed by atoms with Crippen molar-refractivity contribution in [1.29, 1.82) is 0 Å². The fourth-order valence-electron chi connectivity index (χ4n) is 1.44. The molecule has 1 atom stereocenters. The van der Waals surface area contributed by atoms with Crippen LogP contribution in [0.15, 0.2) is 30.3 Å². The second-order valence-corrected chi connectivity index (χ2v) is 3.93. The van der Waals surface area contributed by atoms with Gasteiger partial charge in [0.15, 0.2) is 0 Å². The number of nitrogens with one attached hydrogen (secondary N) is 1. The van der Waals surface area contributed by atoms with Crippen molar-refractivity contribution in [3.63, 3.8) is 0 Å². The minimum absolute atomic E-state index is 0.372. The van der Waals surface area contributed by atoms with Gasteiger partial charge in [0.25, 0.3) is 0 Å². The van der Waals surface area contributed by atoms with Gasteiger partial charge in [-0.3, -0.25) is 9.63 Å². The number of rotatable bonds is 8. The first kappa shape index (κ1) is 13.7. The monoisotopic (exact) mass is 237 g/mol. The number of carboxylic acid groups (broad SMARTS) is 1. The van der Waals surface area contributed by atoms with E-state index in [-0.39, 0.29) is 0 Å². The van der Waals surface area contributed by atoms with Crippen molar-refractivity contribution >= 4 is 5.97 Å². The van der Waals surface area contributed by atoms with Crippen LogP contribution < -0.4 is 5.48 Å². The zero-order chi connectivity index (χ0) is 12.5. The molecule has 1 aromatic rings. The summed E-state index contributed by atoms with van der Waals surface area (Å²) in [6, 6.07) is 9.01. The van der Waals surface area contributed by atoms with Crippen LogP contribution in [0, 0.1) is 0 Å². The summed E-state index contributed by atoms with van der Waals surface area (Å²) in [5.74, 6) is -0.869. The third-order valence-corrected chi connectivity index (χ3v) is 2.45. The maximum Gasteiger partial charge on any atom is 0.323 e. The van der Waals surface area contributed by atoms with Crippen LogP contribution in [0.5, 0.6) is 0 Å². The fourth-order valence-corrected chi connectivity index (χ4v) is 1.44. The van der Waals surface area contributed by atoms with Crippen LogP contribution in [0.3, 0.4) is 0 Å². The summed E-state index contributed by atoms with van der Waals surface area (Å²) >= 11 is 0. The Balaban J connectivity index is 2.29. The van der Waals surface area contributed by atoms with E-state index in [2.05, 4.69) is 5.48 Å². The van der Waals surface area contributed by atoms with Gasteiger partial charge < -0.3 is 5.11 Å². The van der Waals surface area contributed by atoms with Crippen LogP contribution in [-0.4, -0.2) is 17.1 Å². The third-order valence-electron chi connectivity index (χ3n) is 2.45. The second kappa shape index (κ2) is 7.81. The molecule has 2 N–H and O–H groups in total. The van der Waals surface area contributed by atoms with Crippen LogP contribution >= 0.6 is 0 Å². The molecule has 0 radical (unpaired) electrons. The lowest BCUT2D eigenvalue weighted by molar-refractivity contribution is -0.145. The van der Waals surface area contributed by atoms with Crippen LogP contribution in [0.4, 0.5) is 0 Å². The number of hydrogen-bond acceptors (Lipinski definition) is 3. The Bertz CT molecular complexity index is 327. The summed E-state index contributed by atoms with van der Waals surface area (Å²) in [5.41, 5.74) is 3.62. The molecule has 0 saturated heterocycles. The molecule has 94 valence electrons. The van der Waals surface area contributed by atoms with Crippen LogP contribution in [0.1, 0.15) is 31.7 Å². The molecule has 0 aromatic heterocycles. The average Bonchev–Trinajstić information content (AvgIpc) is 2.34. The lowest BCUT2D eigenvalue weighted by Gasteiger charge is -2.13. The Morgan fingerprint density at radius 1 is 1.41 bits per heavy atom. The summed E-state index contributed by atoms with van der Waals surface area (Å²) < 4.78 is 0. The van der Waals surface area contributed by atoms with Crippen molar-refractivity contribution in [1.82, 2.24) is 5.48 Å². The normalized spacial score (nSPS) is 12.3. The summed E-state index contributed by atoms with van der Waals surface area (Å²) in [6.45, 7) is 2.40. The summed E-state index contributed by atoms with van der Waals surface area (Å²) in [4.78, 5) is 16.1. The highest BCUT2D eigenvalue weighted by atomic mass is 16.6. The summed E-state index contributed by atoms with van der Waals surface area (Å²) in [5, 5.41) is 8.95. The number of aliphatic carboxylic acids is 1.